The van der Waals surface area contributed by atoms with Gasteiger partial charge in [0, 0.05) is 30.5 Å². The van der Waals surface area contributed by atoms with Crippen molar-refractivity contribution in [2.75, 3.05) is 5.32 Å². The predicted octanol–water partition coefficient (Wildman–Crippen LogP) is 3.88. The molecule has 0 radical (unpaired) electrons. The highest BCUT2D eigenvalue weighted by molar-refractivity contribution is 6.33. The Kier molecular flexibility index (Phi) is 3.23. The summed E-state index contributed by atoms with van der Waals surface area (Å²) in [4.78, 5) is 14.1. The molecule has 0 aliphatic rings. The zero-order valence-corrected chi connectivity index (χ0v) is 11.8. The molecule has 3 rings (SSSR count). The summed E-state index contributed by atoms with van der Waals surface area (Å²) in [6.45, 7) is 0. The summed E-state index contributed by atoms with van der Waals surface area (Å²) < 4.78 is 2.01. The van der Waals surface area contributed by atoms with Crippen molar-refractivity contribution in [3.8, 4) is 0 Å². The van der Waals surface area contributed by atoms with E-state index >= 15 is 0 Å². The van der Waals surface area contributed by atoms with E-state index in [4.69, 9.17) is 11.6 Å². The molecule has 0 atom stereocenters. The summed E-state index contributed by atoms with van der Waals surface area (Å²) in [5, 5.41) is 15.1. The fourth-order valence-corrected chi connectivity index (χ4v) is 2.30. The maximum absolute atomic E-state index is 10.7. The van der Waals surface area contributed by atoms with Crippen molar-refractivity contribution in [1.82, 2.24) is 9.55 Å². The van der Waals surface area contributed by atoms with Crippen molar-refractivity contribution in [3.05, 3.63) is 57.9 Å². The van der Waals surface area contributed by atoms with Crippen LogP contribution >= 0.6 is 11.6 Å². The molecule has 0 aliphatic heterocycles. The smallest absolute Gasteiger partial charge is 0.289 e. The Morgan fingerprint density at radius 1 is 1.33 bits per heavy atom. The average molecular weight is 303 g/mol. The molecule has 2 heterocycles. The average Bonchev–Trinajstić information content (AvgIpc) is 2.82. The van der Waals surface area contributed by atoms with Crippen molar-refractivity contribution in [3.63, 3.8) is 0 Å². The molecule has 6 nitrogen and oxygen atoms in total. The molecular formula is C14H11ClN4O2. The number of nitrogens with one attached hydrogen (secondary N) is 1. The second-order valence-electron chi connectivity index (χ2n) is 4.61. The molecule has 1 aromatic carbocycles. The number of halogens is 1. The van der Waals surface area contributed by atoms with Crippen LogP contribution in [0.2, 0.25) is 5.02 Å². The lowest BCUT2D eigenvalue weighted by atomic mass is 10.2. The van der Waals surface area contributed by atoms with E-state index < -0.39 is 4.92 Å². The van der Waals surface area contributed by atoms with Crippen LogP contribution in [0.15, 0.2) is 42.7 Å². The Morgan fingerprint density at radius 2 is 2.14 bits per heavy atom. The Bertz CT molecular complexity index is 844. The van der Waals surface area contributed by atoms with Gasteiger partial charge in [-0.15, -0.1) is 0 Å². The Morgan fingerprint density at radius 3 is 2.86 bits per heavy atom. The third-order valence-corrected chi connectivity index (χ3v) is 3.48. The number of nitro groups is 1. The summed E-state index contributed by atoms with van der Waals surface area (Å²) in [7, 11) is 1.96. The molecule has 3 aromatic rings. The minimum Gasteiger partial charge on any atom is -0.350 e. The van der Waals surface area contributed by atoms with E-state index in [0.29, 0.717) is 5.82 Å². The minimum absolute atomic E-state index is 0.136. The number of aromatic nitrogens is 2. The lowest BCUT2D eigenvalue weighted by Gasteiger charge is -2.08. The number of benzene rings is 1. The zero-order chi connectivity index (χ0) is 15.0. The molecule has 0 saturated carbocycles. The van der Waals surface area contributed by atoms with E-state index in [1.54, 1.807) is 0 Å². The van der Waals surface area contributed by atoms with E-state index in [2.05, 4.69) is 10.3 Å². The summed E-state index contributed by atoms with van der Waals surface area (Å²) >= 11 is 6.02. The van der Waals surface area contributed by atoms with Gasteiger partial charge < -0.3 is 9.88 Å². The van der Waals surface area contributed by atoms with Crippen LogP contribution in [0.1, 0.15) is 0 Å². The number of fused-ring (bicyclic) bond motifs is 1. The molecule has 0 bridgehead atoms. The molecule has 21 heavy (non-hydrogen) atoms. The van der Waals surface area contributed by atoms with Gasteiger partial charge in [-0.2, -0.15) is 0 Å². The van der Waals surface area contributed by atoms with Gasteiger partial charge in [0.05, 0.1) is 9.95 Å². The summed E-state index contributed by atoms with van der Waals surface area (Å²) in [5.41, 5.74) is 1.74. The standard InChI is InChI=1S/C14H11ClN4O2/c1-18-5-4-9-2-3-10(6-13(9)18)17-14-12(15)7-11(8-16-14)19(20)21/h2-8H,1H3,(H,16,17). The number of pyridine rings is 1. The topological polar surface area (TPSA) is 73.0 Å². The second kappa shape index (κ2) is 5.06. The number of anilines is 2. The zero-order valence-electron chi connectivity index (χ0n) is 11.1. The Hall–Kier alpha value is -2.60. The van der Waals surface area contributed by atoms with Crippen molar-refractivity contribution < 1.29 is 4.92 Å². The molecule has 0 amide bonds. The number of hydrogen-bond acceptors (Lipinski definition) is 4. The van der Waals surface area contributed by atoms with Crippen molar-refractivity contribution in [2.45, 2.75) is 0 Å². The van der Waals surface area contributed by atoms with Gasteiger partial charge in [-0.1, -0.05) is 17.7 Å². The maximum atomic E-state index is 10.7. The quantitative estimate of drug-likeness (QED) is 0.588. The molecule has 106 valence electrons. The lowest BCUT2D eigenvalue weighted by Crippen LogP contribution is -1.97. The van der Waals surface area contributed by atoms with E-state index in [0.717, 1.165) is 16.6 Å². The first-order valence-electron chi connectivity index (χ1n) is 6.16. The SMILES string of the molecule is Cn1ccc2ccc(Nc3ncc([N+](=O)[O-])cc3Cl)cc21. The first kappa shape index (κ1) is 13.4. The van der Waals surface area contributed by atoms with Gasteiger partial charge in [0.2, 0.25) is 0 Å². The second-order valence-corrected chi connectivity index (χ2v) is 5.01. The third kappa shape index (κ3) is 2.53. The molecular weight excluding hydrogens is 292 g/mol. The van der Waals surface area contributed by atoms with Gasteiger partial charge in [-0.25, -0.2) is 4.98 Å². The first-order valence-corrected chi connectivity index (χ1v) is 6.54. The third-order valence-electron chi connectivity index (χ3n) is 3.19. The van der Waals surface area contributed by atoms with Gasteiger partial charge in [0.25, 0.3) is 5.69 Å². The molecule has 1 N–H and O–H groups in total. The van der Waals surface area contributed by atoms with Crippen molar-refractivity contribution in [2.24, 2.45) is 7.05 Å². The van der Waals surface area contributed by atoms with E-state index in [1.165, 1.54) is 12.3 Å². The van der Waals surface area contributed by atoms with Gasteiger partial charge >= 0.3 is 0 Å². The summed E-state index contributed by atoms with van der Waals surface area (Å²) in [6, 6.07) is 9.15. The van der Waals surface area contributed by atoms with Crippen LogP contribution in [-0.2, 0) is 7.05 Å². The fourth-order valence-electron chi connectivity index (χ4n) is 2.10. The van der Waals surface area contributed by atoms with Crippen LogP contribution in [-0.4, -0.2) is 14.5 Å². The number of nitrogens with zero attached hydrogens (tertiary/aromatic N) is 3. The highest BCUT2D eigenvalue weighted by atomic mass is 35.5. The lowest BCUT2D eigenvalue weighted by molar-refractivity contribution is -0.385. The normalized spacial score (nSPS) is 10.8. The van der Waals surface area contributed by atoms with Gasteiger partial charge in [-0.3, -0.25) is 10.1 Å². The highest BCUT2D eigenvalue weighted by Crippen LogP contribution is 2.28. The van der Waals surface area contributed by atoms with Crippen LogP contribution in [0.25, 0.3) is 10.9 Å². The molecule has 7 heteroatoms. The fraction of sp³-hybridized carbons (Fsp3) is 0.0714. The monoisotopic (exact) mass is 302 g/mol. The first-order chi connectivity index (χ1) is 10.0. The predicted molar refractivity (Wildman–Crippen MR) is 82.1 cm³/mol. The van der Waals surface area contributed by atoms with Crippen LogP contribution < -0.4 is 5.32 Å². The van der Waals surface area contributed by atoms with Crippen LogP contribution in [0.3, 0.4) is 0 Å². The molecule has 0 aliphatic carbocycles. The largest absolute Gasteiger partial charge is 0.350 e. The number of rotatable bonds is 3. The highest BCUT2D eigenvalue weighted by Gasteiger charge is 2.11. The van der Waals surface area contributed by atoms with Crippen LogP contribution in [0.5, 0.6) is 0 Å². The Balaban J connectivity index is 1.94. The van der Waals surface area contributed by atoms with Gasteiger partial charge in [-0.05, 0) is 23.6 Å². The number of hydrogen-bond donors (Lipinski definition) is 1. The van der Waals surface area contributed by atoms with Gasteiger partial charge in [0.15, 0.2) is 0 Å². The number of aryl methyl sites for hydroxylation is 1. The van der Waals surface area contributed by atoms with Crippen molar-refractivity contribution >= 4 is 39.7 Å². The Labute approximate surface area is 125 Å². The van der Waals surface area contributed by atoms with E-state index in [-0.39, 0.29) is 10.7 Å². The summed E-state index contributed by atoms with van der Waals surface area (Å²) in [6.07, 6.45) is 3.15. The van der Waals surface area contributed by atoms with Crippen molar-refractivity contribution in [1.29, 1.82) is 0 Å². The molecule has 0 saturated heterocycles. The molecule has 2 aromatic heterocycles. The molecule has 0 unspecified atom stereocenters. The maximum Gasteiger partial charge on any atom is 0.289 e. The molecule has 0 fully saturated rings. The van der Waals surface area contributed by atoms with Crippen LogP contribution in [0, 0.1) is 10.1 Å². The van der Waals surface area contributed by atoms with Gasteiger partial charge in [0.1, 0.15) is 12.0 Å². The molecule has 0 spiro atoms. The van der Waals surface area contributed by atoms with E-state index in [1.807, 2.05) is 42.1 Å². The van der Waals surface area contributed by atoms with Crippen LogP contribution in [0.4, 0.5) is 17.2 Å². The summed E-state index contributed by atoms with van der Waals surface area (Å²) in [5.74, 6) is 0.385. The minimum atomic E-state index is -0.529. The van der Waals surface area contributed by atoms with E-state index in [9.17, 15) is 10.1 Å².